The Labute approximate surface area is 109 Å². The maximum Gasteiger partial charge on any atom is -0.0244 e. The standard InChI is InChI=1S/C18H18/c1(5-11-17-13-7-3-8-14-17)2-6-12-18-15-9-4-10-16-18/h1-5,7-11,13-16H,6,12H2/b2-1+,11-5+. The molecule has 0 spiro atoms. The Kier molecular flexibility index (Phi) is 5.01. The van der Waals surface area contributed by atoms with Gasteiger partial charge in [0.2, 0.25) is 0 Å². The van der Waals surface area contributed by atoms with Gasteiger partial charge in [-0.05, 0) is 24.0 Å². The van der Waals surface area contributed by atoms with Crippen LogP contribution in [0.5, 0.6) is 0 Å². The first-order chi connectivity index (χ1) is 8.95. The molecule has 0 amide bonds. The summed E-state index contributed by atoms with van der Waals surface area (Å²) in [4.78, 5) is 0. The Morgan fingerprint density at radius 3 is 2.11 bits per heavy atom. The van der Waals surface area contributed by atoms with Gasteiger partial charge < -0.3 is 0 Å². The molecule has 0 heterocycles. The topological polar surface area (TPSA) is 0 Å². The predicted octanol–water partition coefficient (Wildman–Crippen LogP) is 4.89. The summed E-state index contributed by atoms with van der Waals surface area (Å²) in [7, 11) is 0. The second kappa shape index (κ2) is 7.29. The van der Waals surface area contributed by atoms with Crippen LogP contribution < -0.4 is 0 Å². The normalized spacial score (nSPS) is 11.3. The van der Waals surface area contributed by atoms with Crippen molar-refractivity contribution in [1.29, 1.82) is 0 Å². The smallest absolute Gasteiger partial charge is 0.0244 e. The van der Waals surface area contributed by atoms with Crippen LogP contribution in [0.3, 0.4) is 0 Å². The molecule has 2 aromatic carbocycles. The zero-order valence-electron chi connectivity index (χ0n) is 10.5. The van der Waals surface area contributed by atoms with E-state index in [1.807, 2.05) is 6.07 Å². The summed E-state index contributed by atoms with van der Waals surface area (Å²) in [5.41, 5.74) is 2.64. The van der Waals surface area contributed by atoms with Gasteiger partial charge in [-0.2, -0.15) is 0 Å². The minimum Gasteiger partial charge on any atom is -0.0842 e. The Balaban J connectivity index is 1.74. The molecule has 0 bridgehead atoms. The van der Waals surface area contributed by atoms with Gasteiger partial charge in [-0.15, -0.1) is 0 Å². The zero-order valence-corrected chi connectivity index (χ0v) is 10.5. The van der Waals surface area contributed by atoms with Crippen molar-refractivity contribution in [2.75, 3.05) is 0 Å². The average Bonchev–Trinajstić information content (AvgIpc) is 2.45. The maximum atomic E-state index is 2.21. The molecule has 0 fully saturated rings. The van der Waals surface area contributed by atoms with E-state index in [4.69, 9.17) is 0 Å². The van der Waals surface area contributed by atoms with Crippen molar-refractivity contribution in [1.82, 2.24) is 0 Å². The molecule has 0 heteroatoms. The van der Waals surface area contributed by atoms with Crippen LogP contribution in [0.1, 0.15) is 17.5 Å². The van der Waals surface area contributed by atoms with Gasteiger partial charge in [0.25, 0.3) is 0 Å². The third-order valence-corrected chi connectivity index (χ3v) is 2.78. The van der Waals surface area contributed by atoms with Crippen molar-refractivity contribution in [3.63, 3.8) is 0 Å². The molecule has 0 aliphatic rings. The van der Waals surface area contributed by atoms with Gasteiger partial charge in [-0.1, -0.05) is 85.0 Å². The fourth-order valence-electron chi connectivity index (χ4n) is 1.80. The van der Waals surface area contributed by atoms with Crippen molar-refractivity contribution in [3.8, 4) is 0 Å². The molecule has 2 rings (SSSR count). The molecule has 0 atom stereocenters. The molecule has 0 aromatic heterocycles. The summed E-state index contributed by atoms with van der Waals surface area (Å²) in [6.45, 7) is 0. The molecule has 90 valence electrons. The summed E-state index contributed by atoms with van der Waals surface area (Å²) in [5, 5.41) is 0. The largest absolute Gasteiger partial charge is 0.0842 e. The number of hydrogen-bond acceptors (Lipinski definition) is 0. The lowest BCUT2D eigenvalue weighted by atomic mass is 10.1. The van der Waals surface area contributed by atoms with E-state index >= 15 is 0 Å². The van der Waals surface area contributed by atoms with E-state index < -0.39 is 0 Å². The van der Waals surface area contributed by atoms with Crippen molar-refractivity contribution in [2.24, 2.45) is 0 Å². The molecular weight excluding hydrogens is 216 g/mol. The van der Waals surface area contributed by atoms with Gasteiger partial charge in [0.05, 0.1) is 0 Å². The summed E-state index contributed by atoms with van der Waals surface area (Å²) in [5.74, 6) is 0. The first-order valence-corrected chi connectivity index (χ1v) is 6.37. The highest BCUT2D eigenvalue weighted by atomic mass is 13.9. The van der Waals surface area contributed by atoms with Crippen molar-refractivity contribution in [2.45, 2.75) is 12.8 Å². The first kappa shape index (κ1) is 12.4. The Hall–Kier alpha value is -2.08. The fraction of sp³-hybridized carbons (Fsp3) is 0.111. The molecule has 0 N–H and O–H groups in total. The first-order valence-electron chi connectivity index (χ1n) is 6.37. The average molecular weight is 234 g/mol. The van der Waals surface area contributed by atoms with Crippen LogP contribution in [-0.2, 0) is 6.42 Å². The van der Waals surface area contributed by atoms with E-state index in [2.05, 4.69) is 78.9 Å². The van der Waals surface area contributed by atoms with Crippen LogP contribution in [0.15, 0.2) is 78.9 Å². The number of allylic oxidation sites excluding steroid dienone is 3. The molecule has 18 heavy (non-hydrogen) atoms. The monoisotopic (exact) mass is 234 g/mol. The maximum absolute atomic E-state index is 2.21. The van der Waals surface area contributed by atoms with Gasteiger partial charge in [-0.3, -0.25) is 0 Å². The van der Waals surface area contributed by atoms with Crippen LogP contribution in [0.4, 0.5) is 0 Å². The predicted molar refractivity (Wildman–Crippen MR) is 79.4 cm³/mol. The van der Waals surface area contributed by atoms with Crippen LogP contribution in [-0.4, -0.2) is 0 Å². The minimum absolute atomic E-state index is 1.09. The molecule has 0 saturated carbocycles. The zero-order chi connectivity index (χ0) is 12.5. The molecule has 2 aromatic rings. The third kappa shape index (κ3) is 4.42. The van der Waals surface area contributed by atoms with Gasteiger partial charge in [0.1, 0.15) is 0 Å². The highest BCUT2D eigenvalue weighted by molar-refractivity contribution is 5.50. The fourth-order valence-corrected chi connectivity index (χ4v) is 1.80. The molecule has 0 saturated heterocycles. The second-order valence-corrected chi connectivity index (χ2v) is 4.22. The molecule has 0 nitrogen and oxygen atoms in total. The van der Waals surface area contributed by atoms with Crippen LogP contribution in [0, 0.1) is 0 Å². The molecule has 0 aliphatic heterocycles. The summed E-state index contributed by atoms with van der Waals surface area (Å²) in [6, 6.07) is 20.9. The summed E-state index contributed by atoms with van der Waals surface area (Å²) < 4.78 is 0. The van der Waals surface area contributed by atoms with E-state index in [9.17, 15) is 0 Å². The van der Waals surface area contributed by atoms with Crippen LogP contribution >= 0.6 is 0 Å². The van der Waals surface area contributed by atoms with Crippen LogP contribution in [0.2, 0.25) is 0 Å². The second-order valence-electron chi connectivity index (χ2n) is 4.22. The van der Waals surface area contributed by atoms with Gasteiger partial charge in [-0.25, -0.2) is 0 Å². The van der Waals surface area contributed by atoms with E-state index in [1.54, 1.807) is 0 Å². The van der Waals surface area contributed by atoms with E-state index in [0.29, 0.717) is 0 Å². The molecular formula is C18H18. The highest BCUT2D eigenvalue weighted by Gasteiger charge is 1.87. The quantitative estimate of drug-likeness (QED) is 0.646. The van der Waals surface area contributed by atoms with Crippen molar-refractivity contribution < 1.29 is 0 Å². The number of hydrogen-bond donors (Lipinski definition) is 0. The lowest BCUT2D eigenvalue weighted by Gasteiger charge is -1.95. The van der Waals surface area contributed by atoms with Gasteiger partial charge in [0, 0.05) is 0 Å². The third-order valence-electron chi connectivity index (χ3n) is 2.78. The summed E-state index contributed by atoms with van der Waals surface area (Å²) >= 11 is 0. The molecule has 0 aliphatic carbocycles. The van der Waals surface area contributed by atoms with E-state index in [-0.39, 0.29) is 0 Å². The lowest BCUT2D eigenvalue weighted by Crippen LogP contribution is -1.80. The van der Waals surface area contributed by atoms with Crippen molar-refractivity contribution in [3.05, 3.63) is 90.0 Å². The Bertz CT molecular complexity index is 492. The van der Waals surface area contributed by atoms with Crippen molar-refractivity contribution >= 4 is 6.08 Å². The Morgan fingerprint density at radius 1 is 0.722 bits per heavy atom. The van der Waals surface area contributed by atoms with Gasteiger partial charge >= 0.3 is 0 Å². The van der Waals surface area contributed by atoms with Crippen LogP contribution in [0.25, 0.3) is 6.08 Å². The SMILES string of the molecule is C(/C=C/c1ccccc1)=C\CCc1ccccc1. The molecule has 0 radical (unpaired) electrons. The number of benzene rings is 2. The van der Waals surface area contributed by atoms with E-state index in [1.165, 1.54) is 11.1 Å². The number of rotatable bonds is 5. The van der Waals surface area contributed by atoms with Gasteiger partial charge in [0.15, 0.2) is 0 Å². The van der Waals surface area contributed by atoms with E-state index in [0.717, 1.165) is 12.8 Å². The Morgan fingerprint density at radius 2 is 1.39 bits per heavy atom. The number of aryl methyl sites for hydroxylation is 1. The molecule has 0 unspecified atom stereocenters. The summed E-state index contributed by atoms with van der Waals surface area (Å²) in [6.07, 6.45) is 10.8. The highest BCUT2D eigenvalue weighted by Crippen LogP contribution is 2.04. The minimum atomic E-state index is 1.09. The lowest BCUT2D eigenvalue weighted by molar-refractivity contribution is 1.00.